The molecule has 8 heteroatoms. The fourth-order valence-electron chi connectivity index (χ4n) is 3.98. The molecule has 2 N–H and O–H groups in total. The third kappa shape index (κ3) is 3.05. The van der Waals surface area contributed by atoms with E-state index >= 15 is 0 Å². The molecule has 2 aliphatic rings. The first-order valence-corrected chi connectivity index (χ1v) is 9.29. The number of rotatable bonds is 3. The number of fused-ring (bicyclic) bond motifs is 2. The third-order valence-electron chi connectivity index (χ3n) is 5.40. The molecule has 2 bridgehead atoms. The number of piperidine rings is 1. The minimum Gasteiger partial charge on any atom is -0.507 e. The highest BCUT2D eigenvalue weighted by Crippen LogP contribution is 2.34. The van der Waals surface area contributed by atoms with E-state index in [9.17, 15) is 9.50 Å². The maximum absolute atomic E-state index is 14.5. The molecule has 3 atom stereocenters. The minimum atomic E-state index is -0.986. The summed E-state index contributed by atoms with van der Waals surface area (Å²) < 4.78 is 16.3. The topological polar surface area (TPSA) is 88.8 Å². The first-order chi connectivity index (χ1) is 13.7. The van der Waals surface area contributed by atoms with Crippen molar-refractivity contribution in [2.24, 2.45) is 0 Å². The van der Waals surface area contributed by atoms with E-state index in [0.717, 1.165) is 24.1 Å². The molecule has 142 valence electrons. The second kappa shape index (κ2) is 6.79. The van der Waals surface area contributed by atoms with Gasteiger partial charge in [0.25, 0.3) is 0 Å². The number of nitrogens with one attached hydrogen (secondary N) is 1. The second-order valence-corrected chi connectivity index (χ2v) is 7.25. The molecule has 0 spiro atoms. The molecular weight excluding hydrogens is 359 g/mol. The summed E-state index contributed by atoms with van der Waals surface area (Å²) >= 11 is 0. The van der Waals surface area contributed by atoms with Crippen LogP contribution in [-0.2, 0) is 0 Å². The van der Waals surface area contributed by atoms with Crippen molar-refractivity contribution >= 4 is 6.08 Å². The lowest BCUT2D eigenvalue weighted by Crippen LogP contribution is -2.42. The van der Waals surface area contributed by atoms with Crippen LogP contribution in [0.25, 0.3) is 23.2 Å². The standard InChI is InChI=1S/C20H19FN6O/c21-19-12(7-13-1-4-17(19)24-13)8-14-10-23-20(26-25-14)16-3-2-15(9-18(16)28)27-6-5-22-11-27/h2-3,5-6,8-11,13,17,19,24,28H,1,4,7H2/b12-8-/t13?,17?,19-/m0/s1. The quantitative estimate of drug-likeness (QED) is 0.728. The van der Waals surface area contributed by atoms with Gasteiger partial charge in [0.05, 0.1) is 23.8 Å². The maximum atomic E-state index is 14.5. The van der Waals surface area contributed by atoms with Gasteiger partial charge in [0.15, 0.2) is 5.82 Å². The SMILES string of the molecule is Oc1cc(-n2ccnc2)ccc1-c1ncc(/C=C2/CC3CCC(N3)[C@H]2F)nn1. The molecule has 2 saturated heterocycles. The van der Waals surface area contributed by atoms with Gasteiger partial charge in [0.2, 0.25) is 0 Å². The fourth-order valence-corrected chi connectivity index (χ4v) is 3.98. The number of halogens is 1. The summed E-state index contributed by atoms with van der Waals surface area (Å²) in [6, 6.07) is 5.47. The van der Waals surface area contributed by atoms with Gasteiger partial charge in [-0.2, -0.15) is 0 Å². The molecule has 5 rings (SSSR count). The van der Waals surface area contributed by atoms with Gasteiger partial charge in [0.1, 0.15) is 17.6 Å². The smallest absolute Gasteiger partial charge is 0.185 e. The molecule has 2 aromatic heterocycles. The van der Waals surface area contributed by atoms with E-state index in [1.807, 2.05) is 6.07 Å². The zero-order valence-corrected chi connectivity index (χ0v) is 15.0. The van der Waals surface area contributed by atoms with E-state index in [-0.39, 0.29) is 11.8 Å². The number of phenolic OH excluding ortho intramolecular Hbond substituents is 1. The zero-order chi connectivity index (χ0) is 19.1. The largest absolute Gasteiger partial charge is 0.507 e. The van der Waals surface area contributed by atoms with Gasteiger partial charge in [-0.05, 0) is 43.0 Å². The summed E-state index contributed by atoms with van der Waals surface area (Å²) in [4.78, 5) is 8.31. The van der Waals surface area contributed by atoms with Crippen molar-refractivity contribution in [3.63, 3.8) is 0 Å². The Morgan fingerprint density at radius 2 is 2.18 bits per heavy atom. The summed E-state index contributed by atoms with van der Waals surface area (Å²) in [7, 11) is 0. The number of hydrogen-bond acceptors (Lipinski definition) is 6. The number of hydrogen-bond donors (Lipinski definition) is 2. The zero-order valence-electron chi connectivity index (χ0n) is 15.0. The number of phenols is 1. The van der Waals surface area contributed by atoms with Crippen LogP contribution in [0.2, 0.25) is 0 Å². The Kier molecular flexibility index (Phi) is 4.12. The van der Waals surface area contributed by atoms with Gasteiger partial charge in [0, 0.05) is 30.5 Å². The summed E-state index contributed by atoms with van der Waals surface area (Å²) in [5.74, 6) is 0.372. The highest BCUT2D eigenvalue weighted by Gasteiger charge is 2.38. The molecular formula is C20H19FN6O. The maximum Gasteiger partial charge on any atom is 0.185 e. The Morgan fingerprint density at radius 1 is 1.25 bits per heavy atom. The van der Waals surface area contributed by atoms with Crippen LogP contribution in [0.5, 0.6) is 5.75 Å². The van der Waals surface area contributed by atoms with Crippen LogP contribution in [0.3, 0.4) is 0 Å². The van der Waals surface area contributed by atoms with E-state index in [1.54, 1.807) is 47.7 Å². The minimum absolute atomic E-state index is 0.0536. The second-order valence-electron chi connectivity index (χ2n) is 7.25. The summed E-state index contributed by atoms with van der Waals surface area (Å²) in [6.45, 7) is 0. The van der Waals surface area contributed by atoms with E-state index in [4.69, 9.17) is 0 Å². The number of nitrogens with zero attached hydrogens (tertiary/aromatic N) is 5. The Hall–Kier alpha value is -3.13. The van der Waals surface area contributed by atoms with Crippen LogP contribution in [-0.4, -0.2) is 48.1 Å². The van der Waals surface area contributed by atoms with Crippen LogP contribution in [0.15, 0.2) is 48.7 Å². The lowest BCUT2D eigenvalue weighted by atomic mass is 9.96. The number of alkyl halides is 1. The molecule has 0 saturated carbocycles. The van der Waals surface area contributed by atoms with E-state index in [1.165, 1.54) is 0 Å². The molecule has 2 aliphatic heterocycles. The molecule has 0 radical (unpaired) electrons. The van der Waals surface area contributed by atoms with Crippen molar-refractivity contribution in [2.45, 2.75) is 37.5 Å². The van der Waals surface area contributed by atoms with Gasteiger partial charge in [-0.15, -0.1) is 10.2 Å². The van der Waals surface area contributed by atoms with Crippen LogP contribution in [0.4, 0.5) is 4.39 Å². The van der Waals surface area contributed by atoms with Crippen molar-refractivity contribution in [3.8, 4) is 22.8 Å². The lowest BCUT2D eigenvalue weighted by Gasteiger charge is -2.27. The van der Waals surface area contributed by atoms with E-state index in [0.29, 0.717) is 29.5 Å². The fraction of sp³-hybridized carbons (Fsp3) is 0.300. The highest BCUT2D eigenvalue weighted by atomic mass is 19.1. The average Bonchev–Trinajstić information content (AvgIpc) is 3.37. The molecule has 1 aromatic carbocycles. The van der Waals surface area contributed by atoms with Crippen LogP contribution in [0, 0.1) is 0 Å². The highest BCUT2D eigenvalue weighted by molar-refractivity contribution is 5.66. The predicted octanol–water partition coefficient (Wildman–Crippen LogP) is 2.68. The summed E-state index contributed by atoms with van der Waals surface area (Å²) in [6.07, 6.45) is 10.0. The average molecular weight is 378 g/mol. The molecule has 7 nitrogen and oxygen atoms in total. The summed E-state index contributed by atoms with van der Waals surface area (Å²) in [5.41, 5.74) is 2.54. The Labute approximate surface area is 161 Å². The van der Waals surface area contributed by atoms with Crippen molar-refractivity contribution in [2.75, 3.05) is 0 Å². The van der Waals surface area contributed by atoms with Crippen LogP contribution < -0.4 is 5.32 Å². The van der Waals surface area contributed by atoms with Gasteiger partial charge >= 0.3 is 0 Å². The van der Waals surface area contributed by atoms with Gasteiger partial charge in [-0.3, -0.25) is 0 Å². The molecule has 28 heavy (non-hydrogen) atoms. The Morgan fingerprint density at radius 3 is 2.93 bits per heavy atom. The van der Waals surface area contributed by atoms with Crippen LogP contribution >= 0.6 is 0 Å². The molecule has 0 amide bonds. The number of aromatic nitrogens is 5. The van der Waals surface area contributed by atoms with Crippen molar-refractivity contribution in [1.29, 1.82) is 0 Å². The summed E-state index contributed by atoms with van der Waals surface area (Å²) in [5, 5.41) is 22.0. The predicted molar refractivity (Wildman–Crippen MR) is 101 cm³/mol. The number of aromatic hydroxyl groups is 1. The lowest BCUT2D eigenvalue weighted by molar-refractivity contribution is 0.270. The first kappa shape index (κ1) is 17.0. The number of benzene rings is 1. The van der Waals surface area contributed by atoms with Crippen LogP contribution in [0.1, 0.15) is 25.0 Å². The monoisotopic (exact) mass is 378 g/mol. The number of imidazole rings is 1. The van der Waals surface area contributed by atoms with Gasteiger partial charge in [-0.1, -0.05) is 0 Å². The Balaban J connectivity index is 1.39. The van der Waals surface area contributed by atoms with E-state index in [2.05, 4.69) is 25.5 Å². The third-order valence-corrected chi connectivity index (χ3v) is 5.40. The molecule has 3 aromatic rings. The molecule has 2 fully saturated rings. The first-order valence-electron chi connectivity index (χ1n) is 9.29. The Bertz CT molecular complexity index is 1020. The normalized spacial score (nSPS) is 25.3. The van der Waals surface area contributed by atoms with Crippen molar-refractivity contribution < 1.29 is 9.50 Å². The van der Waals surface area contributed by atoms with Gasteiger partial charge in [-0.25, -0.2) is 14.4 Å². The molecule has 4 heterocycles. The van der Waals surface area contributed by atoms with Crippen molar-refractivity contribution in [3.05, 3.63) is 54.4 Å². The van der Waals surface area contributed by atoms with Gasteiger partial charge < -0.3 is 15.0 Å². The molecule has 2 unspecified atom stereocenters. The van der Waals surface area contributed by atoms with Crippen molar-refractivity contribution in [1.82, 2.24) is 30.0 Å². The molecule has 0 aliphatic carbocycles. The van der Waals surface area contributed by atoms with E-state index < -0.39 is 6.17 Å².